The first-order valence-corrected chi connectivity index (χ1v) is 8.14. The van der Waals surface area contributed by atoms with Gasteiger partial charge in [-0.15, -0.1) is 0 Å². The zero-order chi connectivity index (χ0) is 16.5. The molecule has 1 fully saturated rings. The van der Waals surface area contributed by atoms with Crippen molar-refractivity contribution in [1.82, 2.24) is 9.80 Å². The Morgan fingerprint density at radius 1 is 0.739 bits per heavy atom. The molecule has 0 bridgehead atoms. The molecular formula is C19H24N2O2. The van der Waals surface area contributed by atoms with E-state index in [1.807, 2.05) is 84.3 Å². The molecule has 2 atom stereocenters. The van der Waals surface area contributed by atoms with E-state index in [1.54, 1.807) is 0 Å². The van der Waals surface area contributed by atoms with E-state index in [0.717, 1.165) is 0 Å². The first-order chi connectivity index (χ1) is 11.1. The monoisotopic (exact) mass is 312 g/mol. The Balaban J connectivity index is 2.24. The number of nitrogens with zero attached hydrogens (tertiary/aromatic N) is 2. The van der Waals surface area contributed by atoms with E-state index in [-0.39, 0.29) is 0 Å². The average Bonchev–Trinajstić information content (AvgIpc) is 2.85. The Morgan fingerprint density at radius 3 is 1.39 bits per heavy atom. The summed E-state index contributed by atoms with van der Waals surface area (Å²) in [6.45, 7) is 5.77. The van der Waals surface area contributed by atoms with Gasteiger partial charge < -0.3 is 10.2 Å². The largest absolute Gasteiger partial charge is 0.367 e. The molecule has 4 nitrogen and oxygen atoms in total. The maximum Gasteiger partial charge on any atom is 0.193 e. The molecule has 2 N–H and O–H groups in total. The molecule has 2 unspecified atom stereocenters. The van der Waals surface area contributed by atoms with Crippen LogP contribution < -0.4 is 0 Å². The van der Waals surface area contributed by atoms with Gasteiger partial charge in [-0.05, 0) is 13.1 Å². The smallest absolute Gasteiger partial charge is 0.193 e. The minimum atomic E-state index is -1.50. The van der Waals surface area contributed by atoms with Gasteiger partial charge in [-0.1, -0.05) is 74.5 Å². The van der Waals surface area contributed by atoms with Gasteiger partial charge >= 0.3 is 0 Å². The molecule has 0 aromatic heterocycles. The second-order valence-corrected chi connectivity index (χ2v) is 5.93. The maximum absolute atomic E-state index is 11.7. The average molecular weight is 312 g/mol. The minimum absolute atomic E-state index is 0.504. The van der Waals surface area contributed by atoms with Crippen LogP contribution in [0.5, 0.6) is 0 Å². The van der Waals surface area contributed by atoms with Gasteiger partial charge in [-0.3, -0.25) is 9.80 Å². The number of rotatable bonds is 4. The third-order valence-corrected chi connectivity index (χ3v) is 4.86. The molecule has 1 aliphatic rings. The summed E-state index contributed by atoms with van der Waals surface area (Å²) in [6, 6.07) is 18.9. The van der Waals surface area contributed by atoms with Crippen molar-refractivity contribution in [3.63, 3.8) is 0 Å². The van der Waals surface area contributed by atoms with Crippen LogP contribution in [0.4, 0.5) is 0 Å². The van der Waals surface area contributed by atoms with Crippen molar-refractivity contribution in [3.05, 3.63) is 71.8 Å². The summed E-state index contributed by atoms with van der Waals surface area (Å²) in [4.78, 5) is 3.83. The standard InChI is InChI=1S/C19H24N2O2/c1-3-20-15-21(4-2)19(23,17-13-9-6-10-14-17)18(20,22)16-11-7-5-8-12-16/h5-14,22-23H,3-4,15H2,1-2H3. The van der Waals surface area contributed by atoms with Crippen molar-refractivity contribution in [1.29, 1.82) is 0 Å². The molecule has 0 spiro atoms. The molecule has 2 aromatic rings. The summed E-state index contributed by atoms with van der Waals surface area (Å²) in [5.41, 5.74) is -1.60. The van der Waals surface area contributed by atoms with Crippen LogP contribution in [0.25, 0.3) is 0 Å². The van der Waals surface area contributed by atoms with Crippen molar-refractivity contribution in [2.75, 3.05) is 19.8 Å². The number of hydrogen-bond donors (Lipinski definition) is 2. The molecule has 0 radical (unpaired) electrons. The van der Waals surface area contributed by atoms with Gasteiger partial charge in [-0.25, -0.2) is 0 Å². The minimum Gasteiger partial charge on any atom is -0.367 e. The van der Waals surface area contributed by atoms with Crippen molar-refractivity contribution >= 4 is 0 Å². The van der Waals surface area contributed by atoms with Crippen LogP contribution in [0.1, 0.15) is 25.0 Å². The van der Waals surface area contributed by atoms with Gasteiger partial charge in [-0.2, -0.15) is 0 Å². The third kappa shape index (κ3) is 2.22. The van der Waals surface area contributed by atoms with Gasteiger partial charge in [0, 0.05) is 11.1 Å². The Morgan fingerprint density at radius 2 is 1.09 bits per heavy atom. The van der Waals surface area contributed by atoms with E-state index >= 15 is 0 Å². The van der Waals surface area contributed by atoms with E-state index in [9.17, 15) is 10.2 Å². The molecule has 122 valence electrons. The van der Waals surface area contributed by atoms with E-state index in [0.29, 0.717) is 30.9 Å². The number of benzene rings is 2. The molecule has 0 aliphatic carbocycles. The molecular weight excluding hydrogens is 288 g/mol. The summed E-state index contributed by atoms with van der Waals surface area (Å²) in [7, 11) is 0. The zero-order valence-electron chi connectivity index (χ0n) is 13.7. The lowest BCUT2D eigenvalue weighted by Gasteiger charge is -2.44. The van der Waals surface area contributed by atoms with Crippen LogP contribution in [0.15, 0.2) is 60.7 Å². The Labute approximate surface area is 137 Å². The summed E-state index contributed by atoms with van der Waals surface area (Å²) in [5, 5.41) is 23.5. The zero-order valence-corrected chi connectivity index (χ0v) is 13.7. The molecule has 2 aromatic carbocycles. The first-order valence-electron chi connectivity index (χ1n) is 8.14. The first kappa shape index (κ1) is 16.1. The van der Waals surface area contributed by atoms with Gasteiger partial charge in [0.2, 0.25) is 0 Å². The Kier molecular flexibility index (Phi) is 4.25. The van der Waals surface area contributed by atoms with Gasteiger partial charge in [0.15, 0.2) is 11.4 Å². The number of hydrogen-bond acceptors (Lipinski definition) is 4. The van der Waals surface area contributed by atoms with Crippen LogP contribution in [0.3, 0.4) is 0 Å². The maximum atomic E-state index is 11.7. The van der Waals surface area contributed by atoms with Crippen LogP contribution in [0.2, 0.25) is 0 Å². The van der Waals surface area contributed by atoms with Crippen molar-refractivity contribution in [2.24, 2.45) is 0 Å². The van der Waals surface area contributed by atoms with Crippen LogP contribution in [-0.4, -0.2) is 39.8 Å². The summed E-state index contributed by atoms with van der Waals surface area (Å²) >= 11 is 0. The summed E-state index contributed by atoms with van der Waals surface area (Å²) in [6.07, 6.45) is 0. The summed E-state index contributed by atoms with van der Waals surface area (Å²) in [5.74, 6) is 0. The second kappa shape index (κ2) is 6.06. The molecule has 1 heterocycles. The second-order valence-electron chi connectivity index (χ2n) is 5.93. The lowest BCUT2D eigenvalue weighted by Crippen LogP contribution is -2.57. The highest BCUT2D eigenvalue weighted by atomic mass is 16.4. The highest BCUT2D eigenvalue weighted by molar-refractivity contribution is 5.34. The fourth-order valence-electron chi connectivity index (χ4n) is 3.62. The lowest BCUT2D eigenvalue weighted by molar-refractivity contribution is -0.243. The molecule has 0 saturated carbocycles. The number of aliphatic hydroxyl groups is 2. The number of likely N-dealkylation sites (N-methyl/N-ethyl adjacent to an activating group) is 2. The Bertz CT molecular complexity index is 591. The molecule has 3 rings (SSSR count). The highest BCUT2D eigenvalue weighted by Crippen LogP contribution is 2.50. The quantitative estimate of drug-likeness (QED) is 0.909. The van der Waals surface area contributed by atoms with Gasteiger partial charge in [0.05, 0.1) is 6.67 Å². The third-order valence-electron chi connectivity index (χ3n) is 4.86. The fraction of sp³-hybridized carbons (Fsp3) is 0.368. The van der Waals surface area contributed by atoms with Gasteiger partial charge in [0.25, 0.3) is 0 Å². The van der Waals surface area contributed by atoms with Crippen LogP contribution in [-0.2, 0) is 11.4 Å². The summed E-state index contributed by atoms with van der Waals surface area (Å²) < 4.78 is 0. The van der Waals surface area contributed by atoms with E-state index in [2.05, 4.69) is 0 Å². The van der Waals surface area contributed by atoms with Crippen molar-refractivity contribution < 1.29 is 10.2 Å². The molecule has 23 heavy (non-hydrogen) atoms. The SMILES string of the molecule is CCN1CN(CC)C(O)(c2ccccc2)C1(O)c1ccccc1. The predicted octanol–water partition coefficient (Wildman–Crippen LogP) is 2.29. The van der Waals surface area contributed by atoms with Gasteiger partial charge in [0.1, 0.15) is 0 Å². The normalized spacial score (nSPS) is 29.0. The highest BCUT2D eigenvalue weighted by Gasteiger charge is 2.63. The molecule has 1 saturated heterocycles. The molecule has 1 aliphatic heterocycles. The van der Waals surface area contributed by atoms with Crippen molar-refractivity contribution in [3.8, 4) is 0 Å². The Hall–Kier alpha value is -1.72. The van der Waals surface area contributed by atoms with Crippen molar-refractivity contribution in [2.45, 2.75) is 25.3 Å². The predicted molar refractivity (Wildman–Crippen MR) is 90.3 cm³/mol. The van der Waals surface area contributed by atoms with Crippen LogP contribution in [0, 0.1) is 0 Å². The fourth-order valence-corrected chi connectivity index (χ4v) is 3.62. The molecule has 4 heteroatoms. The molecule has 0 amide bonds. The van der Waals surface area contributed by atoms with E-state index in [4.69, 9.17) is 0 Å². The topological polar surface area (TPSA) is 46.9 Å². The van der Waals surface area contributed by atoms with Crippen LogP contribution >= 0.6 is 0 Å². The lowest BCUT2D eigenvalue weighted by atomic mass is 9.85. The van der Waals surface area contributed by atoms with E-state index < -0.39 is 11.4 Å². The van der Waals surface area contributed by atoms with E-state index in [1.165, 1.54) is 0 Å².